The van der Waals surface area contributed by atoms with Crippen LogP contribution in [-0.2, 0) is 13.2 Å². The largest absolute Gasteiger partial charge is 0.487 e. The van der Waals surface area contributed by atoms with Crippen LogP contribution in [0, 0.1) is 0 Å². The second-order valence-electron chi connectivity index (χ2n) is 5.17. The van der Waals surface area contributed by atoms with Crippen molar-refractivity contribution >= 4 is 40.4 Å². The Balaban J connectivity index is 1.52. The van der Waals surface area contributed by atoms with Gasteiger partial charge in [-0.15, -0.1) is 11.3 Å². The highest BCUT2D eigenvalue weighted by atomic mass is 35.5. The highest BCUT2D eigenvalue weighted by molar-refractivity contribution is 7.20. The lowest BCUT2D eigenvalue weighted by Gasteiger charge is -2.08. The molecule has 0 aliphatic carbocycles. The number of ether oxygens (including phenoxy) is 1. The molecule has 128 valence electrons. The van der Waals surface area contributed by atoms with Crippen LogP contribution < -0.4 is 10.1 Å². The average Bonchev–Trinajstić information content (AvgIpc) is 2.98. The first kappa shape index (κ1) is 17.7. The second kappa shape index (κ2) is 8.34. The van der Waals surface area contributed by atoms with Gasteiger partial charge in [0.15, 0.2) is 0 Å². The summed E-state index contributed by atoms with van der Waals surface area (Å²) < 4.78 is 6.56. The number of aromatic nitrogens is 1. The van der Waals surface area contributed by atoms with Gasteiger partial charge in [0.2, 0.25) is 0 Å². The van der Waals surface area contributed by atoms with Crippen molar-refractivity contribution in [3.05, 3.63) is 80.2 Å². The summed E-state index contributed by atoms with van der Waals surface area (Å²) in [5.74, 6) is 0.497. The summed E-state index contributed by atoms with van der Waals surface area (Å²) in [6.45, 7) is 0.803. The van der Waals surface area contributed by atoms with Crippen LogP contribution in [0.4, 0.5) is 0 Å². The number of rotatable bonds is 6. The van der Waals surface area contributed by atoms with Crippen molar-refractivity contribution in [1.82, 2.24) is 10.3 Å². The van der Waals surface area contributed by atoms with Gasteiger partial charge in [0.25, 0.3) is 5.91 Å². The summed E-state index contributed by atoms with van der Waals surface area (Å²) in [4.78, 5) is 16.3. The molecule has 0 atom stereocenters. The molecule has 0 unspecified atom stereocenters. The number of halogens is 2. The number of nitrogens with zero attached hydrogens (tertiary/aromatic N) is 1. The van der Waals surface area contributed by atoms with E-state index in [4.69, 9.17) is 27.9 Å². The van der Waals surface area contributed by atoms with Gasteiger partial charge in [0.05, 0.1) is 15.6 Å². The summed E-state index contributed by atoms with van der Waals surface area (Å²) in [6, 6.07) is 14.8. The van der Waals surface area contributed by atoms with Gasteiger partial charge in [0.1, 0.15) is 16.7 Å². The Bertz CT molecular complexity index is 851. The first-order valence-corrected chi connectivity index (χ1v) is 9.04. The van der Waals surface area contributed by atoms with Crippen LogP contribution in [0.5, 0.6) is 5.75 Å². The van der Waals surface area contributed by atoms with Crippen molar-refractivity contribution in [2.24, 2.45) is 0 Å². The van der Waals surface area contributed by atoms with Gasteiger partial charge in [-0.3, -0.25) is 9.78 Å². The maximum atomic E-state index is 12.1. The lowest BCUT2D eigenvalue weighted by Crippen LogP contribution is -2.22. The molecule has 0 spiro atoms. The molecule has 0 fully saturated rings. The lowest BCUT2D eigenvalue weighted by molar-refractivity contribution is 0.0951. The number of hydrogen-bond donors (Lipinski definition) is 1. The Morgan fingerprint density at radius 2 is 1.96 bits per heavy atom. The number of nitrogens with one attached hydrogen (secondary N) is 1. The Morgan fingerprint density at radius 1 is 1.16 bits per heavy atom. The summed E-state index contributed by atoms with van der Waals surface area (Å²) in [5, 5.41) is 2.82. The maximum absolute atomic E-state index is 12.1. The quantitative estimate of drug-likeness (QED) is 0.644. The van der Waals surface area contributed by atoms with Crippen molar-refractivity contribution in [3.8, 4) is 5.75 Å². The van der Waals surface area contributed by atoms with Crippen LogP contribution >= 0.6 is 34.5 Å². The summed E-state index contributed by atoms with van der Waals surface area (Å²) in [6.07, 6.45) is 1.73. The third kappa shape index (κ3) is 4.95. The summed E-state index contributed by atoms with van der Waals surface area (Å²) in [7, 11) is 0. The molecule has 1 aromatic carbocycles. The van der Waals surface area contributed by atoms with E-state index in [0.29, 0.717) is 27.4 Å². The van der Waals surface area contributed by atoms with E-state index in [1.54, 1.807) is 12.3 Å². The number of amides is 1. The molecule has 4 nitrogen and oxygen atoms in total. The molecule has 0 bridgehead atoms. The molecule has 3 aromatic rings. The predicted molar refractivity (Wildman–Crippen MR) is 101 cm³/mol. The third-order valence-corrected chi connectivity index (χ3v) is 4.88. The van der Waals surface area contributed by atoms with Crippen LogP contribution in [0.1, 0.15) is 21.6 Å². The lowest BCUT2D eigenvalue weighted by atomic mass is 10.2. The number of pyridine rings is 1. The van der Waals surface area contributed by atoms with E-state index in [-0.39, 0.29) is 5.91 Å². The van der Waals surface area contributed by atoms with Gasteiger partial charge < -0.3 is 10.1 Å². The molecule has 7 heteroatoms. The Hall–Kier alpha value is -2.08. The summed E-state index contributed by atoms with van der Waals surface area (Å²) >= 11 is 13.0. The molecule has 3 rings (SSSR count). The van der Waals surface area contributed by atoms with Crippen LogP contribution in [0.2, 0.25) is 8.67 Å². The van der Waals surface area contributed by atoms with Gasteiger partial charge in [-0.1, -0.05) is 41.4 Å². The standard InChI is InChI=1S/C18H14Cl2N2O2S/c19-16-9-15(17(20)25-16)18(23)22-10-12-4-6-14(7-5-12)24-11-13-3-1-2-8-21-13/h1-9H,10-11H2,(H,22,23). The summed E-state index contributed by atoms with van der Waals surface area (Å²) in [5.41, 5.74) is 2.22. The molecule has 25 heavy (non-hydrogen) atoms. The minimum absolute atomic E-state index is 0.247. The number of carbonyl (C=O) groups is 1. The molecule has 1 amide bonds. The Kier molecular flexibility index (Phi) is 5.91. The number of hydrogen-bond acceptors (Lipinski definition) is 4. The highest BCUT2D eigenvalue weighted by Gasteiger charge is 2.13. The fraction of sp³-hybridized carbons (Fsp3) is 0.111. The monoisotopic (exact) mass is 392 g/mol. The molecule has 0 aliphatic heterocycles. The van der Waals surface area contributed by atoms with E-state index >= 15 is 0 Å². The van der Waals surface area contributed by atoms with Crippen LogP contribution in [0.25, 0.3) is 0 Å². The van der Waals surface area contributed by atoms with E-state index in [9.17, 15) is 4.79 Å². The van der Waals surface area contributed by atoms with Crippen molar-refractivity contribution in [2.45, 2.75) is 13.2 Å². The normalized spacial score (nSPS) is 10.5. The molecule has 0 saturated heterocycles. The smallest absolute Gasteiger partial charge is 0.253 e. The molecule has 0 radical (unpaired) electrons. The van der Waals surface area contributed by atoms with Gasteiger partial charge in [-0.05, 0) is 35.9 Å². The molecule has 0 saturated carbocycles. The SMILES string of the molecule is O=C(NCc1ccc(OCc2ccccn2)cc1)c1cc(Cl)sc1Cl. The fourth-order valence-corrected chi connectivity index (χ4v) is 3.58. The van der Waals surface area contributed by atoms with E-state index < -0.39 is 0 Å². The fourth-order valence-electron chi connectivity index (χ4n) is 2.12. The minimum atomic E-state index is -0.247. The maximum Gasteiger partial charge on any atom is 0.253 e. The minimum Gasteiger partial charge on any atom is -0.487 e. The average molecular weight is 393 g/mol. The molecular formula is C18H14Cl2N2O2S. The Labute approximate surface area is 159 Å². The molecule has 1 N–H and O–H groups in total. The van der Waals surface area contributed by atoms with E-state index in [1.807, 2.05) is 42.5 Å². The molecule has 2 aromatic heterocycles. The van der Waals surface area contributed by atoms with E-state index in [0.717, 1.165) is 17.0 Å². The second-order valence-corrected chi connectivity index (χ2v) is 7.46. The van der Waals surface area contributed by atoms with E-state index in [1.165, 1.54) is 11.3 Å². The zero-order valence-electron chi connectivity index (χ0n) is 13.0. The van der Waals surface area contributed by atoms with Gasteiger partial charge >= 0.3 is 0 Å². The zero-order chi connectivity index (χ0) is 17.6. The Morgan fingerprint density at radius 3 is 2.60 bits per heavy atom. The number of benzene rings is 1. The topological polar surface area (TPSA) is 51.2 Å². The zero-order valence-corrected chi connectivity index (χ0v) is 15.4. The van der Waals surface area contributed by atoms with Crippen LogP contribution in [-0.4, -0.2) is 10.9 Å². The van der Waals surface area contributed by atoms with Gasteiger partial charge in [-0.2, -0.15) is 0 Å². The van der Waals surface area contributed by atoms with Crippen molar-refractivity contribution < 1.29 is 9.53 Å². The number of carbonyl (C=O) groups excluding carboxylic acids is 1. The first-order chi connectivity index (χ1) is 12.1. The van der Waals surface area contributed by atoms with E-state index in [2.05, 4.69) is 10.3 Å². The van der Waals surface area contributed by atoms with Crippen molar-refractivity contribution in [2.75, 3.05) is 0 Å². The third-order valence-electron chi connectivity index (χ3n) is 3.39. The molecule has 0 aliphatic rings. The van der Waals surface area contributed by atoms with Crippen molar-refractivity contribution in [1.29, 1.82) is 0 Å². The predicted octanol–water partition coefficient (Wildman–Crippen LogP) is 4.96. The highest BCUT2D eigenvalue weighted by Crippen LogP contribution is 2.31. The van der Waals surface area contributed by atoms with Crippen LogP contribution in [0.3, 0.4) is 0 Å². The van der Waals surface area contributed by atoms with Crippen molar-refractivity contribution in [3.63, 3.8) is 0 Å². The number of thiophene rings is 1. The van der Waals surface area contributed by atoms with Crippen LogP contribution in [0.15, 0.2) is 54.7 Å². The first-order valence-electron chi connectivity index (χ1n) is 7.46. The molecule has 2 heterocycles. The van der Waals surface area contributed by atoms with Gasteiger partial charge in [0, 0.05) is 12.7 Å². The molecular weight excluding hydrogens is 379 g/mol. The van der Waals surface area contributed by atoms with Gasteiger partial charge in [-0.25, -0.2) is 0 Å².